The first kappa shape index (κ1) is 35.2. The predicted octanol–water partition coefficient (Wildman–Crippen LogP) is 6.78. The molecule has 1 aromatic heterocycles. The molecule has 2 aromatic rings. The minimum Gasteiger partial charge on any atom is -0.551 e. The van der Waals surface area contributed by atoms with Gasteiger partial charge in [-0.1, -0.05) is 77.6 Å². The Balaban J connectivity index is 0.00000760. The molecule has 0 atom stereocenters. The maximum atomic E-state index is 13.9. The maximum Gasteiger partial charge on any atom is 0.349 e. The molecule has 39 heavy (non-hydrogen) atoms. The third-order valence-electron chi connectivity index (χ3n) is 6.76. The molecule has 0 bridgehead atoms. The first-order chi connectivity index (χ1) is 18.4. The molecule has 0 aliphatic heterocycles. The fourth-order valence-electron chi connectivity index (χ4n) is 4.46. The third-order valence-corrected chi connectivity index (χ3v) is 6.76. The van der Waals surface area contributed by atoms with Crippen molar-refractivity contribution in [1.29, 1.82) is 0 Å². The van der Waals surface area contributed by atoms with E-state index in [1.807, 2.05) is 4.90 Å². The molecule has 1 amide bonds. The second-order valence-corrected chi connectivity index (χ2v) is 9.89. The number of phenols is 1. The molecule has 1 aromatic carbocycles. The van der Waals surface area contributed by atoms with E-state index < -0.39 is 34.5 Å². The number of aromatic hydroxyl groups is 1. The molecule has 0 unspecified atom stereocenters. The van der Waals surface area contributed by atoms with Gasteiger partial charge in [0.25, 0.3) is 5.91 Å². The molecule has 7 nitrogen and oxygen atoms in total. The van der Waals surface area contributed by atoms with Crippen LogP contribution in [0.25, 0.3) is 11.0 Å². The Labute approximate surface area is 244 Å². The Morgan fingerprint density at radius 2 is 1.46 bits per heavy atom. The normalized spacial score (nSPS) is 11.2. The van der Waals surface area contributed by atoms with E-state index >= 15 is 0 Å². The topological polar surface area (TPSA) is 103 Å². The van der Waals surface area contributed by atoms with Crippen molar-refractivity contribution >= 4 is 16.9 Å². The number of fused-ring (bicyclic) bond motifs is 1. The van der Waals surface area contributed by atoms with E-state index in [4.69, 9.17) is 4.42 Å². The number of carbonyl (C=O) groups is 1. The van der Waals surface area contributed by atoms with Crippen molar-refractivity contribution in [3.05, 3.63) is 46.5 Å². The molecule has 3 N–H and O–H groups in total. The van der Waals surface area contributed by atoms with Crippen LogP contribution in [0.5, 0.6) is 5.75 Å². The fraction of sp³-hybridized carbons (Fsp3) is 0.621. The van der Waals surface area contributed by atoms with Gasteiger partial charge in [0, 0.05) is 33.0 Å². The summed E-state index contributed by atoms with van der Waals surface area (Å²) >= 11 is 0. The number of aliphatic hydroxyl groups is 1. The van der Waals surface area contributed by atoms with Gasteiger partial charge < -0.3 is 24.8 Å². The molecule has 0 saturated heterocycles. The van der Waals surface area contributed by atoms with Crippen LogP contribution in [-0.2, 0) is 21.1 Å². The molecule has 10 heteroatoms. The van der Waals surface area contributed by atoms with Crippen molar-refractivity contribution in [2.45, 2.75) is 96.8 Å². The smallest absolute Gasteiger partial charge is 0.349 e. The summed E-state index contributed by atoms with van der Waals surface area (Å²) < 4.78 is 32.3. The molecule has 0 aliphatic rings. The van der Waals surface area contributed by atoms with Gasteiger partial charge in [0.1, 0.15) is 5.56 Å². The average Bonchev–Trinajstić information content (AvgIpc) is 2.91. The number of amides is 1. The minimum atomic E-state index is -1.37. The van der Waals surface area contributed by atoms with Gasteiger partial charge in [0.15, 0.2) is 17.1 Å². The molecular formula is C29H43F2MoN2O5-. The van der Waals surface area contributed by atoms with Crippen LogP contribution < -0.4 is 10.9 Å². The van der Waals surface area contributed by atoms with Gasteiger partial charge in [0.2, 0.25) is 5.82 Å². The van der Waals surface area contributed by atoms with Crippen LogP contribution in [0.1, 0.15) is 107 Å². The summed E-state index contributed by atoms with van der Waals surface area (Å²) in [5, 5.41) is 21.2. The van der Waals surface area contributed by atoms with Gasteiger partial charge in [0.05, 0.1) is 0 Å². The van der Waals surface area contributed by atoms with Crippen molar-refractivity contribution < 1.29 is 49.3 Å². The van der Waals surface area contributed by atoms with Gasteiger partial charge in [-0.2, -0.15) is 11.1 Å². The average molecular weight is 634 g/mol. The van der Waals surface area contributed by atoms with E-state index in [2.05, 4.69) is 12.2 Å². The monoisotopic (exact) mass is 635 g/mol. The number of rotatable bonds is 20. The van der Waals surface area contributed by atoms with E-state index in [-0.39, 0.29) is 32.0 Å². The quantitative estimate of drug-likeness (QED) is 0.0643. The summed E-state index contributed by atoms with van der Waals surface area (Å²) in [6, 6.07) is 1.88. The van der Waals surface area contributed by atoms with E-state index in [9.17, 15) is 28.6 Å². The largest absolute Gasteiger partial charge is 0.551 e. The zero-order valence-electron chi connectivity index (χ0n) is 23.0. The molecule has 220 valence electrons. The molecule has 0 spiro atoms. The number of benzene rings is 1. The number of nitrogens with one attached hydrogen (secondary N) is 1. The number of halogens is 2. The molecule has 0 aliphatic carbocycles. The second kappa shape index (κ2) is 20.1. The second-order valence-electron chi connectivity index (χ2n) is 9.89. The number of nitrogens with zero attached hydrogens (tertiary/aromatic N) is 1. The van der Waals surface area contributed by atoms with Gasteiger partial charge >= 0.3 is 5.63 Å². The number of hydrogen-bond donors (Lipinski definition) is 3. The number of carbonyl (C=O) groups excluding carboxylic acids is 1. The third kappa shape index (κ3) is 12.5. The van der Waals surface area contributed by atoms with Crippen LogP contribution in [0.2, 0.25) is 0 Å². The summed E-state index contributed by atoms with van der Waals surface area (Å²) in [6.45, 7) is 5.67. The Bertz CT molecular complexity index is 1050. The van der Waals surface area contributed by atoms with Gasteiger partial charge in [-0.15, -0.1) is 0 Å². The number of hydrogen-bond acceptors (Lipinski definition) is 6. The van der Waals surface area contributed by atoms with Crippen molar-refractivity contribution in [1.82, 2.24) is 10.2 Å². The van der Waals surface area contributed by atoms with Gasteiger partial charge in [-0.3, -0.25) is 4.79 Å². The van der Waals surface area contributed by atoms with Crippen molar-refractivity contribution in [2.75, 3.05) is 19.6 Å². The zero-order chi connectivity index (χ0) is 27.8. The summed E-state index contributed by atoms with van der Waals surface area (Å²) in [4.78, 5) is 26.4. The SMILES string of the molecule is CCCCCCN([CH-]O)CCCCCCCCCCCCNC(=O)c1cc2cc(F)c(O)c(F)c2oc1=O.[Mo]. The Morgan fingerprint density at radius 3 is 2.03 bits per heavy atom. The fourth-order valence-corrected chi connectivity index (χ4v) is 4.46. The van der Waals surface area contributed by atoms with Crippen LogP contribution in [0.4, 0.5) is 8.78 Å². The van der Waals surface area contributed by atoms with Crippen LogP contribution in [0, 0.1) is 18.4 Å². The first-order valence-corrected chi connectivity index (χ1v) is 14.0. The summed E-state index contributed by atoms with van der Waals surface area (Å²) in [7, 11) is 0. The summed E-state index contributed by atoms with van der Waals surface area (Å²) in [6.07, 6.45) is 15.9. The van der Waals surface area contributed by atoms with Crippen LogP contribution in [0.3, 0.4) is 0 Å². The first-order valence-electron chi connectivity index (χ1n) is 14.0. The molecule has 0 fully saturated rings. The van der Waals surface area contributed by atoms with Crippen molar-refractivity contribution in [3.63, 3.8) is 0 Å². The molecule has 2 rings (SSSR count). The van der Waals surface area contributed by atoms with E-state index in [0.717, 1.165) is 63.7 Å². The van der Waals surface area contributed by atoms with Crippen molar-refractivity contribution in [2.24, 2.45) is 0 Å². The van der Waals surface area contributed by atoms with Crippen molar-refractivity contribution in [3.8, 4) is 5.75 Å². The number of unbranched alkanes of at least 4 members (excludes halogenated alkanes) is 12. The van der Waals surface area contributed by atoms with E-state index in [1.54, 1.807) is 0 Å². The number of phenolic OH excluding ortho intramolecular Hbond substituents is 1. The Hall–Kier alpha value is -1.83. The molecular weight excluding hydrogens is 590 g/mol. The predicted molar refractivity (Wildman–Crippen MR) is 145 cm³/mol. The van der Waals surface area contributed by atoms with Crippen LogP contribution >= 0.6 is 0 Å². The van der Waals surface area contributed by atoms with Crippen LogP contribution in [0.15, 0.2) is 21.3 Å². The standard InChI is InChI=1S/C29H43F2N2O5.Mo/c1-2-3-4-14-17-33(21-34)18-15-12-10-8-6-5-7-9-11-13-16-32-28(36)23-19-22-20-24(30)26(35)25(31)27(22)38-29(23)37;/h19-21,34-35H,2-18H2,1H3,(H,32,36);/q-1;. The molecule has 0 radical (unpaired) electrons. The zero-order valence-corrected chi connectivity index (χ0v) is 25.0. The minimum absolute atomic E-state index is 0. The van der Waals surface area contributed by atoms with E-state index in [0.29, 0.717) is 6.54 Å². The van der Waals surface area contributed by atoms with Gasteiger partial charge in [-0.25, -0.2) is 9.18 Å². The van der Waals surface area contributed by atoms with Gasteiger partial charge in [-0.05, 0) is 44.5 Å². The summed E-state index contributed by atoms with van der Waals surface area (Å²) in [5.41, 5.74) is -1.98. The molecule has 1 heterocycles. The Morgan fingerprint density at radius 1 is 0.923 bits per heavy atom. The number of aliphatic hydroxyl groups excluding tert-OH is 1. The summed E-state index contributed by atoms with van der Waals surface area (Å²) in [5.74, 6) is -4.47. The van der Waals surface area contributed by atoms with E-state index in [1.165, 1.54) is 58.1 Å². The Kier molecular flexibility index (Phi) is 18.1. The van der Waals surface area contributed by atoms with Crippen LogP contribution in [-0.4, -0.2) is 40.7 Å². The molecule has 0 saturated carbocycles. The maximum absolute atomic E-state index is 13.9.